The number of nitrogens with zero attached hydrogens (tertiary/aromatic N) is 1. The Hall–Kier alpha value is -1.13. The molecule has 1 heterocycles. The second kappa shape index (κ2) is 4.20. The highest BCUT2D eigenvalue weighted by molar-refractivity contribution is 5.94. The molecule has 2 amide bonds. The number of nitrogens with one attached hydrogen (secondary N) is 1. The van der Waals surface area contributed by atoms with Crippen molar-refractivity contribution in [3.63, 3.8) is 0 Å². The van der Waals surface area contributed by atoms with Crippen molar-refractivity contribution < 1.29 is 14.0 Å². The van der Waals surface area contributed by atoms with Crippen LogP contribution in [0.1, 0.15) is 13.3 Å². The number of hydrogen-bond acceptors (Lipinski definition) is 2. The van der Waals surface area contributed by atoms with Crippen molar-refractivity contribution in [2.45, 2.75) is 19.4 Å². The largest absolute Gasteiger partial charge is 0.345 e. The van der Waals surface area contributed by atoms with E-state index in [2.05, 4.69) is 5.32 Å². The Bertz CT molecular complexity index is 220. The van der Waals surface area contributed by atoms with Crippen LogP contribution in [0.3, 0.4) is 0 Å². The molecule has 0 saturated carbocycles. The zero-order valence-corrected chi connectivity index (χ0v) is 7.55. The van der Waals surface area contributed by atoms with Gasteiger partial charge in [-0.1, -0.05) is 6.92 Å². The molecule has 0 aliphatic carbocycles. The van der Waals surface area contributed by atoms with Crippen molar-refractivity contribution in [3.05, 3.63) is 0 Å². The molecule has 1 aliphatic heterocycles. The molecule has 1 N–H and O–H groups in total. The standard InChI is InChI=1S/C8H13FN2O2/c1-2-6-8(13)10-5-7(12)11(6)4-3-9/h6H,2-5H2,1H3,(H,10,13). The van der Waals surface area contributed by atoms with E-state index in [1.165, 1.54) is 4.90 Å². The van der Waals surface area contributed by atoms with E-state index in [4.69, 9.17) is 0 Å². The van der Waals surface area contributed by atoms with Crippen molar-refractivity contribution in [2.75, 3.05) is 19.8 Å². The van der Waals surface area contributed by atoms with Gasteiger partial charge in [0.2, 0.25) is 11.8 Å². The molecule has 74 valence electrons. The number of halogens is 1. The van der Waals surface area contributed by atoms with E-state index in [-0.39, 0.29) is 24.9 Å². The summed E-state index contributed by atoms with van der Waals surface area (Å²) in [5, 5.41) is 2.47. The van der Waals surface area contributed by atoms with Crippen molar-refractivity contribution in [3.8, 4) is 0 Å². The summed E-state index contributed by atoms with van der Waals surface area (Å²) in [4.78, 5) is 23.8. The van der Waals surface area contributed by atoms with E-state index in [1.54, 1.807) is 6.92 Å². The van der Waals surface area contributed by atoms with E-state index in [9.17, 15) is 14.0 Å². The molecule has 1 saturated heterocycles. The van der Waals surface area contributed by atoms with Gasteiger partial charge in [-0.15, -0.1) is 0 Å². The van der Waals surface area contributed by atoms with Gasteiger partial charge >= 0.3 is 0 Å². The van der Waals surface area contributed by atoms with Crippen molar-refractivity contribution in [1.82, 2.24) is 10.2 Å². The van der Waals surface area contributed by atoms with Crippen molar-refractivity contribution >= 4 is 11.8 Å². The number of alkyl halides is 1. The second-order valence-electron chi connectivity index (χ2n) is 2.92. The molecule has 0 aromatic heterocycles. The lowest BCUT2D eigenvalue weighted by molar-refractivity contribution is -0.145. The topological polar surface area (TPSA) is 49.4 Å². The highest BCUT2D eigenvalue weighted by Gasteiger charge is 2.32. The molecular formula is C8H13FN2O2. The average Bonchev–Trinajstić information content (AvgIpc) is 2.12. The smallest absolute Gasteiger partial charge is 0.243 e. The zero-order chi connectivity index (χ0) is 9.84. The van der Waals surface area contributed by atoms with Gasteiger partial charge in [-0.2, -0.15) is 0 Å². The van der Waals surface area contributed by atoms with E-state index in [0.717, 1.165) is 0 Å². The molecule has 1 atom stereocenters. The summed E-state index contributed by atoms with van der Waals surface area (Å²) in [5.41, 5.74) is 0. The Kier molecular flexibility index (Phi) is 3.22. The minimum atomic E-state index is -0.602. The number of carbonyl (C=O) groups excluding carboxylic acids is 2. The number of amides is 2. The molecule has 5 heteroatoms. The van der Waals surface area contributed by atoms with Crippen LogP contribution in [0.25, 0.3) is 0 Å². The summed E-state index contributed by atoms with van der Waals surface area (Å²) in [5.74, 6) is -0.389. The summed E-state index contributed by atoms with van der Waals surface area (Å²) in [7, 11) is 0. The van der Waals surface area contributed by atoms with Gasteiger partial charge in [0.05, 0.1) is 6.54 Å². The van der Waals surface area contributed by atoms with Gasteiger partial charge in [0, 0.05) is 6.54 Å². The number of hydrogen-bond donors (Lipinski definition) is 1. The summed E-state index contributed by atoms with van der Waals surface area (Å²) in [6.07, 6.45) is 0.525. The molecule has 13 heavy (non-hydrogen) atoms. The maximum atomic E-state index is 12.1. The van der Waals surface area contributed by atoms with Gasteiger partial charge in [-0.25, -0.2) is 4.39 Å². The number of piperazine rings is 1. The Labute approximate surface area is 76.1 Å². The quantitative estimate of drug-likeness (QED) is 0.660. The number of carbonyl (C=O) groups is 2. The zero-order valence-electron chi connectivity index (χ0n) is 7.55. The Morgan fingerprint density at radius 1 is 1.62 bits per heavy atom. The Morgan fingerprint density at radius 2 is 2.31 bits per heavy atom. The van der Waals surface area contributed by atoms with Crippen LogP contribution < -0.4 is 5.32 Å². The third-order valence-electron chi connectivity index (χ3n) is 2.13. The number of rotatable bonds is 3. The van der Waals surface area contributed by atoms with Gasteiger partial charge in [-0.05, 0) is 6.42 Å². The first-order valence-corrected chi connectivity index (χ1v) is 4.33. The van der Waals surface area contributed by atoms with Crippen molar-refractivity contribution in [1.29, 1.82) is 0 Å². The predicted molar refractivity (Wildman–Crippen MR) is 44.8 cm³/mol. The van der Waals surface area contributed by atoms with Crippen LogP contribution >= 0.6 is 0 Å². The maximum absolute atomic E-state index is 12.1. The summed E-state index contributed by atoms with van der Waals surface area (Å²) < 4.78 is 12.1. The second-order valence-corrected chi connectivity index (χ2v) is 2.92. The molecule has 0 radical (unpaired) electrons. The molecular weight excluding hydrogens is 175 g/mol. The SMILES string of the molecule is CCC1C(=O)NCC(=O)N1CCF. The molecule has 0 aromatic rings. The van der Waals surface area contributed by atoms with Gasteiger partial charge in [0.15, 0.2) is 0 Å². The molecule has 0 aromatic carbocycles. The molecule has 4 nitrogen and oxygen atoms in total. The highest BCUT2D eigenvalue weighted by Crippen LogP contribution is 2.08. The minimum absolute atomic E-state index is 0.00463. The van der Waals surface area contributed by atoms with Gasteiger partial charge < -0.3 is 10.2 Å². The third kappa shape index (κ3) is 1.96. The predicted octanol–water partition coefficient (Wildman–Crippen LogP) is -0.307. The van der Waals surface area contributed by atoms with Gasteiger partial charge in [-0.3, -0.25) is 9.59 Å². The summed E-state index contributed by atoms with van der Waals surface area (Å²) in [6.45, 7) is 1.21. The van der Waals surface area contributed by atoms with E-state index in [0.29, 0.717) is 6.42 Å². The first-order chi connectivity index (χ1) is 6.20. The van der Waals surface area contributed by atoms with Crippen LogP contribution in [-0.4, -0.2) is 42.5 Å². The Morgan fingerprint density at radius 3 is 2.85 bits per heavy atom. The van der Waals surface area contributed by atoms with Crippen LogP contribution in [0.15, 0.2) is 0 Å². The van der Waals surface area contributed by atoms with Crippen LogP contribution in [-0.2, 0) is 9.59 Å². The van der Waals surface area contributed by atoms with Gasteiger partial charge in [0.25, 0.3) is 0 Å². The van der Waals surface area contributed by atoms with Crippen LogP contribution in [0.2, 0.25) is 0 Å². The lowest BCUT2D eigenvalue weighted by Crippen LogP contribution is -2.58. The molecule has 1 unspecified atom stereocenters. The van der Waals surface area contributed by atoms with Crippen LogP contribution in [0.5, 0.6) is 0 Å². The first-order valence-electron chi connectivity index (χ1n) is 4.33. The lowest BCUT2D eigenvalue weighted by Gasteiger charge is -2.33. The Balaban J connectivity index is 2.71. The summed E-state index contributed by atoms with van der Waals surface area (Å²) in [6, 6.07) is -0.489. The molecule has 1 rings (SSSR count). The third-order valence-corrected chi connectivity index (χ3v) is 2.13. The van der Waals surface area contributed by atoms with E-state index >= 15 is 0 Å². The van der Waals surface area contributed by atoms with Crippen LogP contribution in [0.4, 0.5) is 4.39 Å². The van der Waals surface area contributed by atoms with E-state index in [1.807, 2.05) is 0 Å². The monoisotopic (exact) mass is 188 g/mol. The minimum Gasteiger partial charge on any atom is -0.345 e. The molecule has 1 aliphatic rings. The van der Waals surface area contributed by atoms with Gasteiger partial charge in [0.1, 0.15) is 12.7 Å². The first kappa shape index (κ1) is 9.95. The molecule has 0 bridgehead atoms. The normalized spacial score (nSPS) is 23.2. The molecule has 0 spiro atoms. The maximum Gasteiger partial charge on any atom is 0.243 e. The van der Waals surface area contributed by atoms with E-state index < -0.39 is 12.7 Å². The van der Waals surface area contributed by atoms with Crippen LogP contribution in [0, 0.1) is 0 Å². The highest BCUT2D eigenvalue weighted by atomic mass is 19.1. The molecule has 1 fully saturated rings. The fourth-order valence-corrected chi connectivity index (χ4v) is 1.47. The van der Waals surface area contributed by atoms with Crippen molar-refractivity contribution in [2.24, 2.45) is 0 Å². The fourth-order valence-electron chi connectivity index (χ4n) is 1.47. The summed E-state index contributed by atoms with van der Waals surface area (Å²) >= 11 is 0. The lowest BCUT2D eigenvalue weighted by atomic mass is 10.1. The fraction of sp³-hybridized carbons (Fsp3) is 0.750. The average molecular weight is 188 g/mol.